The average molecular weight is 213 g/mol. The van der Waals surface area contributed by atoms with Gasteiger partial charge in [-0.25, -0.2) is 4.52 Å². The lowest BCUT2D eigenvalue weighted by molar-refractivity contribution is 0.913. The van der Waals surface area contributed by atoms with Crippen LogP contribution in [0.3, 0.4) is 0 Å². The van der Waals surface area contributed by atoms with E-state index in [1.165, 1.54) is 0 Å². The number of H-pyrrole nitrogens is 1. The number of hydrogen-bond donors (Lipinski definition) is 1. The van der Waals surface area contributed by atoms with Crippen LogP contribution in [0.5, 0.6) is 0 Å². The van der Waals surface area contributed by atoms with E-state index in [1.807, 2.05) is 31.2 Å². The van der Waals surface area contributed by atoms with Gasteiger partial charge in [0.15, 0.2) is 0 Å². The quantitative estimate of drug-likeness (QED) is 0.669. The van der Waals surface area contributed by atoms with Gasteiger partial charge in [0.05, 0.1) is 16.6 Å². The van der Waals surface area contributed by atoms with Crippen LogP contribution in [0.4, 0.5) is 0 Å². The molecule has 2 heterocycles. The summed E-state index contributed by atoms with van der Waals surface area (Å²) >= 11 is 0. The molecule has 2 aromatic heterocycles. The first kappa shape index (κ1) is 9.15. The number of benzene rings is 1. The van der Waals surface area contributed by atoms with E-state index in [4.69, 9.17) is 0 Å². The van der Waals surface area contributed by atoms with E-state index in [9.17, 15) is 4.79 Å². The SMILES string of the molecule is CCc1cc2[nH]c(=O)c3ccccc3n2n1. The number of hydrogen-bond acceptors (Lipinski definition) is 2. The van der Waals surface area contributed by atoms with Crippen LogP contribution in [-0.4, -0.2) is 14.6 Å². The van der Waals surface area contributed by atoms with Gasteiger partial charge in [0.25, 0.3) is 5.56 Å². The van der Waals surface area contributed by atoms with Crippen molar-refractivity contribution in [1.29, 1.82) is 0 Å². The zero-order valence-electron chi connectivity index (χ0n) is 8.90. The molecule has 3 rings (SSSR count). The van der Waals surface area contributed by atoms with Crippen LogP contribution in [0.2, 0.25) is 0 Å². The Kier molecular flexibility index (Phi) is 1.83. The molecule has 0 saturated carbocycles. The van der Waals surface area contributed by atoms with Gasteiger partial charge >= 0.3 is 0 Å². The van der Waals surface area contributed by atoms with Gasteiger partial charge in [0.2, 0.25) is 0 Å². The smallest absolute Gasteiger partial charge is 0.259 e. The summed E-state index contributed by atoms with van der Waals surface area (Å²) in [5, 5.41) is 5.11. The van der Waals surface area contributed by atoms with Gasteiger partial charge in [-0.15, -0.1) is 0 Å². The molecule has 80 valence electrons. The minimum absolute atomic E-state index is 0.0642. The maximum atomic E-state index is 11.8. The van der Waals surface area contributed by atoms with E-state index in [1.54, 1.807) is 10.6 Å². The van der Waals surface area contributed by atoms with Crippen LogP contribution >= 0.6 is 0 Å². The molecule has 0 aliphatic carbocycles. The number of fused-ring (bicyclic) bond motifs is 3. The lowest BCUT2D eigenvalue weighted by Gasteiger charge is -1.99. The van der Waals surface area contributed by atoms with Gasteiger partial charge in [0.1, 0.15) is 5.65 Å². The Morgan fingerprint density at radius 1 is 1.38 bits per heavy atom. The van der Waals surface area contributed by atoms with E-state index in [0.717, 1.165) is 23.3 Å². The number of aryl methyl sites for hydroxylation is 1. The summed E-state index contributed by atoms with van der Waals surface area (Å²) in [4.78, 5) is 14.6. The Morgan fingerprint density at radius 3 is 3.00 bits per heavy atom. The Balaban J connectivity index is 2.57. The lowest BCUT2D eigenvalue weighted by atomic mass is 10.2. The molecular weight excluding hydrogens is 202 g/mol. The monoisotopic (exact) mass is 213 g/mol. The summed E-state index contributed by atoms with van der Waals surface area (Å²) in [7, 11) is 0. The second-order valence-electron chi connectivity index (χ2n) is 3.76. The van der Waals surface area contributed by atoms with E-state index in [-0.39, 0.29) is 5.56 Å². The van der Waals surface area contributed by atoms with E-state index in [0.29, 0.717) is 5.39 Å². The van der Waals surface area contributed by atoms with Crippen molar-refractivity contribution in [3.05, 3.63) is 46.4 Å². The van der Waals surface area contributed by atoms with Gasteiger partial charge in [-0.2, -0.15) is 5.10 Å². The predicted octanol–water partition coefficient (Wildman–Crippen LogP) is 1.74. The van der Waals surface area contributed by atoms with Crippen LogP contribution in [0.25, 0.3) is 16.6 Å². The Labute approximate surface area is 91.5 Å². The van der Waals surface area contributed by atoms with Crippen molar-refractivity contribution in [2.24, 2.45) is 0 Å². The number of para-hydroxylation sites is 1. The molecule has 0 aliphatic rings. The molecule has 0 aliphatic heterocycles. The molecule has 1 N–H and O–H groups in total. The van der Waals surface area contributed by atoms with Gasteiger partial charge in [0, 0.05) is 6.07 Å². The van der Waals surface area contributed by atoms with Crippen molar-refractivity contribution in [1.82, 2.24) is 14.6 Å². The third kappa shape index (κ3) is 1.16. The van der Waals surface area contributed by atoms with Crippen LogP contribution < -0.4 is 5.56 Å². The molecule has 0 fully saturated rings. The van der Waals surface area contributed by atoms with Crippen molar-refractivity contribution in [3.63, 3.8) is 0 Å². The summed E-state index contributed by atoms with van der Waals surface area (Å²) in [6.45, 7) is 2.04. The largest absolute Gasteiger partial charge is 0.306 e. The van der Waals surface area contributed by atoms with Crippen molar-refractivity contribution in [2.75, 3.05) is 0 Å². The van der Waals surface area contributed by atoms with Crippen molar-refractivity contribution < 1.29 is 0 Å². The molecular formula is C12H11N3O. The van der Waals surface area contributed by atoms with E-state index in [2.05, 4.69) is 10.1 Å². The van der Waals surface area contributed by atoms with Gasteiger partial charge < -0.3 is 4.98 Å². The zero-order valence-corrected chi connectivity index (χ0v) is 8.90. The molecule has 0 radical (unpaired) electrons. The number of nitrogens with zero attached hydrogens (tertiary/aromatic N) is 2. The third-order valence-electron chi connectivity index (χ3n) is 2.74. The molecule has 4 heteroatoms. The number of rotatable bonds is 1. The molecule has 4 nitrogen and oxygen atoms in total. The minimum atomic E-state index is -0.0642. The van der Waals surface area contributed by atoms with Crippen LogP contribution in [0.1, 0.15) is 12.6 Å². The maximum Gasteiger partial charge on any atom is 0.259 e. The van der Waals surface area contributed by atoms with Crippen LogP contribution in [-0.2, 0) is 6.42 Å². The average Bonchev–Trinajstić information content (AvgIpc) is 2.72. The third-order valence-corrected chi connectivity index (χ3v) is 2.74. The standard InChI is InChI=1S/C12H11N3O/c1-2-8-7-11-13-12(16)9-5-3-4-6-10(9)15(11)14-8/h3-7H,2H2,1H3,(H,13,16). The number of nitrogens with one attached hydrogen (secondary N) is 1. The summed E-state index contributed by atoms with van der Waals surface area (Å²) in [5.41, 5.74) is 2.51. The lowest BCUT2D eigenvalue weighted by Crippen LogP contribution is -2.09. The fourth-order valence-electron chi connectivity index (χ4n) is 1.91. The highest BCUT2D eigenvalue weighted by Crippen LogP contribution is 2.12. The summed E-state index contributed by atoms with van der Waals surface area (Å²) in [5.74, 6) is 0. The summed E-state index contributed by atoms with van der Waals surface area (Å²) in [6, 6.07) is 9.39. The molecule has 0 unspecified atom stereocenters. The fraction of sp³-hybridized carbons (Fsp3) is 0.167. The molecule has 0 atom stereocenters. The Morgan fingerprint density at radius 2 is 2.19 bits per heavy atom. The summed E-state index contributed by atoms with van der Waals surface area (Å²) in [6.07, 6.45) is 0.859. The van der Waals surface area contributed by atoms with Crippen molar-refractivity contribution in [2.45, 2.75) is 13.3 Å². The highest BCUT2D eigenvalue weighted by atomic mass is 16.1. The predicted molar refractivity (Wildman–Crippen MR) is 62.7 cm³/mol. The Bertz CT molecular complexity index is 724. The normalized spacial score (nSPS) is 11.3. The molecule has 0 amide bonds. The molecule has 0 spiro atoms. The first-order chi connectivity index (χ1) is 7.79. The molecule has 16 heavy (non-hydrogen) atoms. The topological polar surface area (TPSA) is 50.2 Å². The maximum absolute atomic E-state index is 11.8. The number of aromatic amines is 1. The van der Waals surface area contributed by atoms with Crippen LogP contribution in [0, 0.1) is 0 Å². The zero-order chi connectivity index (χ0) is 11.1. The summed E-state index contributed by atoms with van der Waals surface area (Å²) < 4.78 is 1.79. The Hall–Kier alpha value is -2.10. The minimum Gasteiger partial charge on any atom is -0.306 e. The van der Waals surface area contributed by atoms with Crippen LogP contribution in [0.15, 0.2) is 35.1 Å². The second-order valence-corrected chi connectivity index (χ2v) is 3.76. The first-order valence-corrected chi connectivity index (χ1v) is 5.29. The molecule has 3 aromatic rings. The number of aromatic nitrogens is 3. The molecule has 0 saturated heterocycles. The van der Waals surface area contributed by atoms with Gasteiger partial charge in [-0.1, -0.05) is 19.1 Å². The molecule has 1 aromatic carbocycles. The van der Waals surface area contributed by atoms with Gasteiger partial charge in [-0.3, -0.25) is 4.79 Å². The highest BCUT2D eigenvalue weighted by Gasteiger charge is 2.06. The van der Waals surface area contributed by atoms with Crippen molar-refractivity contribution in [3.8, 4) is 0 Å². The molecule has 0 bridgehead atoms. The van der Waals surface area contributed by atoms with Gasteiger partial charge in [-0.05, 0) is 18.6 Å². The second kappa shape index (κ2) is 3.20. The van der Waals surface area contributed by atoms with E-state index >= 15 is 0 Å². The van der Waals surface area contributed by atoms with Crippen molar-refractivity contribution >= 4 is 16.6 Å². The van der Waals surface area contributed by atoms with E-state index < -0.39 is 0 Å². The highest BCUT2D eigenvalue weighted by molar-refractivity contribution is 5.79. The first-order valence-electron chi connectivity index (χ1n) is 5.29. The fourth-order valence-corrected chi connectivity index (χ4v) is 1.91.